The minimum absolute atomic E-state index is 0.0144. The standard InChI is InChI=1S/C72H139NO5/c1-3-5-7-9-11-13-15-16-17-35-39-42-46-50-54-58-62-66-72(77)78-67-63-59-55-51-47-43-40-37-34-32-30-28-26-24-22-20-18-19-21-23-25-27-29-31-33-36-38-41-45-49-53-57-61-65-71(76)73-69(68-74)70(75)64-60-56-52-48-44-14-12-10-8-6-4-2/h11,13,16-17,69-70,74-75H,3-10,12,14-15,18-68H2,1-2H3,(H,73,76)/b13-11-,17-16-. The summed E-state index contributed by atoms with van der Waals surface area (Å²) < 4.78 is 5.50. The second-order valence-corrected chi connectivity index (χ2v) is 24.6. The number of allylic oxidation sites excluding steroid dienone is 4. The average Bonchev–Trinajstić information content (AvgIpc) is 3.44. The van der Waals surface area contributed by atoms with Gasteiger partial charge in [0.1, 0.15) is 0 Å². The number of unbranched alkanes of at least 4 members (excludes halogenated alkanes) is 52. The quantitative estimate of drug-likeness (QED) is 0.0320. The van der Waals surface area contributed by atoms with E-state index >= 15 is 0 Å². The number of nitrogens with one attached hydrogen (secondary N) is 1. The Hall–Kier alpha value is -1.66. The molecule has 0 radical (unpaired) electrons. The minimum Gasteiger partial charge on any atom is -0.466 e. The summed E-state index contributed by atoms with van der Waals surface area (Å²) >= 11 is 0. The number of carbonyl (C=O) groups excluding carboxylic acids is 2. The van der Waals surface area contributed by atoms with Gasteiger partial charge in [-0.2, -0.15) is 0 Å². The molecule has 0 saturated carbocycles. The highest BCUT2D eigenvalue weighted by atomic mass is 16.5. The molecule has 0 saturated heterocycles. The molecule has 78 heavy (non-hydrogen) atoms. The van der Waals surface area contributed by atoms with Gasteiger partial charge in [0.05, 0.1) is 25.4 Å². The number of carbonyl (C=O) groups is 2. The first-order chi connectivity index (χ1) is 38.5. The van der Waals surface area contributed by atoms with Crippen LogP contribution in [0.4, 0.5) is 0 Å². The van der Waals surface area contributed by atoms with Crippen LogP contribution in [-0.4, -0.2) is 47.4 Å². The maximum atomic E-state index is 12.5. The zero-order chi connectivity index (χ0) is 56.4. The van der Waals surface area contributed by atoms with Gasteiger partial charge in [-0.1, -0.05) is 353 Å². The molecule has 3 N–H and O–H groups in total. The average molecular weight is 1100 g/mol. The van der Waals surface area contributed by atoms with Crippen molar-refractivity contribution in [1.29, 1.82) is 0 Å². The Kier molecular flexibility index (Phi) is 66.4. The molecule has 0 aromatic rings. The van der Waals surface area contributed by atoms with Crippen molar-refractivity contribution < 1.29 is 24.5 Å². The van der Waals surface area contributed by atoms with Crippen LogP contribution in [0, 0.1) is 0 Å². The van der Waals surface area contributed by atoms with E-state index in [1.807, 2.05) is 0 Å². The van der Waals surface area contributed by atoms with Gasteiger partial charge in [-0.25, -0.2) is 0 Å². The zero-order valence-corrected chi connectivity index (χ0v) is 52.9. The first kappa shape index (κ1) is 76.3. The van der Waals surface area contributed by atoms with Crippen LogP contribution in [0.5, 0.6) is 0 Å². The second kappa shape index (κ2) is 67.8. The Labute approximate surface area is 488 Å². The SMILES string of the molecule is CCCCC/C=C\C/C=C\CCCCCCCCCC(=O)OCCCCCCCCCCCCCCCCCCCCCCCCCCCCCCCCCCCC(=O)NC(CO)C(O)CCCCCCCCCCCCC. The first-order valence-corrected chi connectivity index (χ1v) is 35.6. The summed E-state index contributed by atoms with van der Waals surface area (Å²) in [6.45, 7) is 4.95. The monoisotopic (exact) mass is 1100 g/mol. The number of hydrogen-bond acceptors (Lipinski definition) is 5. The van der Waals surface area contributed by atoms with Gasteiger partial charge < -0.3 is 20.3 Å². The molecular weight excluding hydrogens is 959 g/mol. The van der Waals surface area contributed by atoms with Gasteiger partial charge in [0.15, 0.2) is 0 Å². The van der Waals surface area contributed by atoms with Gasteiger partial charge >= 0.3 is 5.97 Å². The minimum atomic E-state index is -0.659. The normalized spacial score (nSPS) is 12.6. The highest BCUT2D eigenvalue weighted by molar-refractivity contribution is 5.76. The number of aliphatic hydroxyl groups excluding tert-OH is 2. The van der Waals surface area contributed by atoms with E-state index in [2.05, 4.69) is 43.5 Å². The molecule has 0 bridgehead atoms. The number of esters is 1. The van der Waals surface area contributed by atoms with Crippen LogP contribution < -0.4 is 5.32 Å². The summed E-state index contributed by atoms with van der Waals surface area (Å²) in [5.41, 5.74) is 0. The van der Waals surface area contributed by atoms with Gasteiger partial charge in [0, 0.05) is 12.8 Å². The third kappa shape index (κ3) is 63.5. The molecule has 6 nitrogen and oxygen atoms in total. The van der Waals surface area contributed by atoms with Crippen molar-refractivity contribution in [2.45, 2.75) is 411 Å². The van der Waals surface area contributed by atoms with E-state index in [4.69, 9.17) is 4.74 Å². The predicted molar refractivity (Wildman–Crippen MR) is 343 cm³/mol. The van der Waals surface area contributed by atoms with Crippen molar-refractivity contribution in [2.24, 2.45) is 0 Å². The molecule has 0 fully saturated rings. The highest BCUT2D eigenvalue weighted by Gasteiger charge is 2.20. The molecule has 0 spiro atoms. The summed E-state index contributed by atoms with van der Waals surface area (Å²) in [6.07, 6.45) is 85.3. The van der Waals surface area contributed by atoms with Crippen molar-refractivity contribution in [3.05, 3.63) is 24.3 Å². The van der Waals surface area contributed by atoms with Crippen molar-refractivity contribution in [3.8, 4) is 0 Å². The molecule has 462 valence electrons. The van der Waals surface area contributed by atoms with E-state index in [-0.39, 0.29) is 18.5 Å². The molecule has 0 rings (SSSR count). The van der Waals surface area contributed by atoms with E-state index in [0.29, 0.717) is 25.9 Å². The maximum absolute atomic E-state index is 12.5. The number of rotatable bonds is 67. The van der Waals surface area contributed by atoms with Crippen molar-refractivity contribution in [3.63, 3.8) is 0 Å². The summed E-state index contributed by atoms with van der Waals surface area (Å²) in [4.78, 5) is 24.6. The highest BCUT2D eigenvalue weighted by Crippen LogP contribution is 2.19. The molecule has 0 aromatic carbocycles. The first-order valence-electron chi connectivity index (χ1n) is 35.6. The molecule has 0 aromatic heterocycles. The van der Waals surface area contributed by atoms with Gasteiger partial charge in [-0.15, -0.1) is 0 Å². The van der Waals surface area contributed by atoms with Crippen LogP contribution in [0.3, 0.4) is 0 Å². The van der Waals surface area contributed by atoms with E-state index in [1.54, 1.807) is 0 Å². The summed E-state index contributed by atoms with van der Waals surface area (Å²) in [7, 11) is 0. The Morgan fingerprint density at radius 2 is 0.641 bits per heavy atom. The molecule has 2 atom stereocenters. The van der Waals surface area contributed by atoms with E-state index in [9.17, 15) is 19.8 Å². The van der Waals surface area contributed by atoms with Crippen LogP contribution in [0.25, 0.3) is 0 Å². The number of hydrogen-bond donors (Lipinski definition) is 3. The predicted octanol–water partition coefficient (Wildman–Crippen LogP) is 22.9. The van der Waals surface area contributed by atoms with Crippen molar-refractivity contribution in [1.82, 2.24) is 5.32 Å². The fourth-order valence-corrected chi connectivity index (χ4v) is 11.3. The number of aliphatic hydroxyl groups is 2. The Bertz CT molecular complexity index is 1220. The van der Waals surface area contributed by atoms with Crippen molar-refractivity contribution in [2.75, 3.05) is 13.2 Å². The van der Waals surface area contributed by atoms with Crippen molar-refractivity contribution >= 4 is 11.9 Å². The largest absolute Gasteiger partial charge is 0.466 e. The second-order valence-electron chi connectivity index (χ2n) is 24.6. The maximum Gasteiger partial charge on any atom is 0.305 e. The van der Waals surface area contributed by atoms with E-state index in [0.717, 1.165) is 51.4 Å². The lowest BCUT2D eigenvalue weighted by molar-refractivity contribution is -0.143. The molecular formula is C72H139NO5. The lowest BCUT2D eigenvalue weighted by Crippen LogP contribution is -2.45. The van der Waals surface area contributed by atoms with Crippen LogP contribution in [0.15, 0.2) is 24.3 Å². The molecule has 0 aliphatic heterocycles. The summed E-state index contributed by atoms with van der Waals surface area (Å²) in [6, 6.07) is -0.536. The van der Waals surface area contributed by atoms with Gasteiger partial charge in [-0.3, -0.25) is 9.59 Å². The van der Waals surface area contributed by atoms with Gasteiger partial charge in [-0.05, 0) is 57.8 Å². The third-order valence-corrected chi connectivity index (χ3v) is 16.8. The van der Waals surface area contributed by atoms with Gasteiger partial charge in [0.25, 0.3) is 0 Å². The lowest BCUT2D eigenvalue weighted by Gasteiger charge is -2.22. The summed E-state index contributed by atoms with van der Waals surface area (Å²) in [5.74, 6) is -0.0148. The fourth-order valence-electron chi connectivity index (χ4n) is 11.3. The fraction of sp³-hybridized carbons (Fsp3) is 0.917. The Morgan fingerprint density at radius 3 is 1.00 bits per heavy atom. The molecule has 0 aliphatic rings. The molecule has 0 heterocycles. The smallest absolute Gasteiger partial charge is 0.305 e. The van der Waals surface area contributed by atoms with Crippen LogP contribution in [0.1, 0.15) is 399 Å². The number of amides is 1. The van der Waals surface area contributed by atoms with Crippen LogP contribution in [0.2, 0.25) is 0 Å². The zero-order valence-electron chi connectivity index (χ0n) is 52.9. The lowest BCUT2D eigenvalue weighted by atomic mass is 10.0. The van der Waals surface area contributed by atoms with Gasteiger partial charge in [0.2, 0.25) is 5.91 Å². The summed E-state index contributed by atoms with van der Waals surface area (Å²) in [5, 5.41) is 23.2. The van der Waals surface area contributed by atoms with Crippen LogP contribution >= 0.6 is 0 Å². The molecule has 0 aliphatic carbocycles. The van der Waals surface area contributed by atoms with E-state index < -0.39 is 12.1 Å². The Morgan fingerprint density at radius 1 is 0.359 bits per heavy atom. The Balaban J connectivity index is 3.29. The van der Waals surface area contributed by atoms with Crippen LogP contribution in [-0.2, 0) is 14.3 Å². The topological polar surface area (TPSA) is 95.9 Å². The molecule has 2 unspecified atom stereocenters. The molecule has 6 heteroatoms. The van der Waals surface area contributed by atoms with E-state index in [1.165, 1.54) is 315 Å². The third-order valence-electron chi connectivity index (χ3n) is 16.8. The number of ether oxygens (including phenoxy) is 1. The molecule has 1 amide bonds.